The Morgan fingerprint density at radius 2 is 1.92 bits per heavy atom. The maximum atomic E-state index is 15.2. The van der Waals surface area contributed by atoms with Gasteiger partial charge in [0.2, 0.25) is 5.91 Å². The molecule has 0 bridgehead atoms. The Balaban J connectivity index is 2.05. The van der Waals surface area contributed by atoms with Crippen molar-refractivity contribution in [1.82, 2.24) is 0 Å². The Kier molecular flexibility index (Phi) is 4.94. The van der Waals surface area contributed by atoms with Crippen LogP contribution in [-0.4, -0.2) is 16.7 Å². The average molecular weight is 351 g/mol. The van der Waals surface area contributed by atoms with E-state index in [0.29, 0.717) is 6.42 Å². The highest BCUT2D eigenvalue weighted by Gasteiger charge is 2.40. The maximum absolute atomic E-state index is 15.2. The number of nitrogens with two attached hydrogens (primary N) is 1. The number of benzene rings is 2. The van der Waals surface area contributed by atoms with E-state index in [2.05, 4.69) is 0 Å². The molecular formula is C22H22FNO2. The summed E-state index contributed by atoms with van der Waals surface area (Å²) in [4.78, 5) is 11.3. The van der Waals surface area contributed by atoms with E-state index in [1.807, 2.05) is 48.5 Å². The minimum absolute atomic E-state index is 0.187. The molecule has 1 amide bonds. The van der Waals surface area contributed by atoms with Gasteiger partial charge >= 0.3 is 0 Å². The van der Waals surface area contributed by atoms with Crippen molar-refractivity contribution in [3.63, 3.8) is 0 Å². The summed E-state index contributed by atoms with van der Waals surface area (Å²) in [5.41, 5.74) is 7.07. The van der Waals surface area contributed by atoms with Crippen molar-refractivity contribution >= 4 is 5.91 Å². The van der Waals surface area contributed by atoms with Crippen LogP contribution in [0.4, 0.5) is 4.39 Å². The second-order valence-corrected chi connectivity index (χ2v) is 6.74. The van der Waals surface area contributed by atoms with Crippen LogP contribution in [0.25, 0.3) is 11.1 Å². The van der Waals surface area contributed by atoms with Gasteiger partial charge in [-0.1, -0.05) is 60.7 Å². The largest absolute Gasteiger partial charge is 0.509 e. The van der Waals surface area contributed by atoms with E-state index in [1.54, 1.807) is 12.2 Å². The van der Waals surface area contributed by atoms with Gasteiger partial charge < -0.3 is 10.8 Å². The monoisotopic (exact) mass is 351 g/mol. The molecule has 0 saturated heterocycles. The fourth-order valence-electron chi connectivity index (χ4n) is 3.35. The Morgan fingerprint density at radius 3 is 2.62 bits per heavy atom. The van der Waals surface area contributed by atoms with Crippen LogP contribution in [0.1, 0.15) is 30.4 Å². The zero-order valence-electron chi connectivity index (χ0n) is 14.7. The fraction of sp³-hybridized carbons (Fsp3) is 0.227. The molecule has 2 atom stereocenters. The van der Waals surface area contributed by atoms with Crippen LogP contribution in [0.3, 0.4) is 0 Å². The average Bonchev–Trinajstić information content (AvgIpc) is 2.63. The minimum Gasteiger partial charge on any atom is -0.509 e. The van der Waals surface area contributed by atoms with Gasteiger partial charge in [0.05, 0.1) is 0 Å². The lowest BCUT2D eigenvalue weighted by Gasteiger charge is -2.32. The molecule has 2 aromatic carbocycles. The van der Waals surface area contributed by atoms with Gasteiger partial charge in [-0.25, -0.2) is 4.39 Å². The highest BCUT2D eigenvalue weighted by Crippen LogP contribution is 2.42. The summed E-state index contributed by atoms with van der Waals surface area (Å²) in [6.07, 6.45) is 5.38. The standard InChI is InChI=1S/C22H22FNO2/c1-22(23)19(8-5-9-20(22)25)18-12-10-16(15-6-3-2-4-7-15)14-17(18)11-13-21(24)26/h2-10,12,14,19,25H,11,13H2,1H3,(H2,24,26). The second kappa shape index (κ2) is 7.16. The lowest BCUT2D eigenvalue weighted by Crippen LogP contribution is -2.31. The Bertz CT molecular complexity index is 869. The number of aryl methyl sites for hydroxylation is 1. The quantitative estimate of drug-likeness (QED) is 0.827. The topological polar surface area (TPSA) is 63.3 Å². The molecular weight excluding hydrogens is 329 g/mol. The molecule has 1 aliphatic rings. The van der Waals surface area contributed by atoms with Crippen LogP contribution in [0.5, 0.6) is 0 Å². The van der Waals surface area contributed by atoms with Crippen molar-refractivity contribution in [2.24, 2.45) is 5.73 Å². The molecule has 3 rings (SSSR count). The molecule has 134 valence electrons. The van der Waals surface area contributed by atoms with E-state index in [4.69, 9.17) is 5.73 Å². The summed E-state index contributed by atoms with van der Waals surface area (Å²) in [6, 6.07) is 15.7. The Morgan fingerprint density at radius 1 is 1.19 bits per heavy atom. The smallest absolute Gasteiger partial charge is 0.217 e. The van der Waals surface area contributed by atoms with E-state index in [0.717, 1.165) is 22.3 Å². The van der Waals surface area contributed by atoms with Crippen molar-refractivity contribution in [2.45, 2.75) is 31.4 Å². The highest BCUT2D eigenvalue weighted by molar-refractivity contribution is 5.74. The Hall–Kier alpha value is -2.88. The van der Waals surface area contributed by atoms with Crippen molar-refractivity contribution in [3.8, 4) is 11.1 Å². The Labute approximate surface area is 152 Å². The van der Waals surface area contributed by atoms with Crippen molar-refractivity contribution in [3.05, 3.63) is 83.6 Å². The summed E-state index contributed by atoms with van der Waals surface area (Å²) >= 11 is 0. The van der Waals surface area contributed by atoms with Crippen LogP contribution in [0.2, 0.25) is 0 Å². The number of aliphatic hydroxyl groups is 1. The van der Waals surface area contributed by atoms with E-state index in [1.165, 1.54) is 13.0 Å². The number of carbonyl (C=O) groups excluding carboxylic acids is 1. The molecule has 0 fully saturated rings. The van der Waals surface area contributed by atoms with Gasteiger partial charge in [0.25, 0.3) is 0 Å². The number of primary amides is 1. The van der Waals surface area contributed by atoms with E-state index in [9.17, 15) is 9.90 Å². The van der Waals surface area contributed by atoms with Gasteiger partial charge in [0, 0.05) is 12.3 Å². The van der Waals surface area contributed by atoms with Crippen LogP contribution in [0.15, 0.2) is 72.5 Å². The molecule has 0 aromatic heterocycles. The molecule has 0 radical (unpaired) electrons. The maximum Gasteiger partial charge on any atom is 0.217 e. The number of allylic oxidation sites excluding steroid dienone is 4. The molecule has 0 aliphatic heterocycles. The number of rotatable bonds is 5. The van der Waals surface area contributed by atoms with Gasteiger partial charge in [-0.15, -0.1) is 0 Å². The molecule has 0 saturated carbocycles. The number of hydrogen-bond donors (Lipinski definition) is 2. The SMILES string of the molecule is CC1(F)C(O)=CC=CC1c1ccc(-c2ccccc2)cc1CCC(N)=O. The van der Waals surface area contributed by atoms with Crippen molar-refractivity contribution in [2.75, 3.05) is 0 Å². The molecule has 4 heteroatoms. The summed E-state index contributed by atoms with van der Waals surface area (Å²) in [5.74, 6) is -1.32. The molecule has 2 aromatic rings. The third-order valence-electron chi connectivity index (χ3n) is 4.87. The first-order valence-electron chi connectivity index (χ1n) is 8.63. The van der Waals surface area contributed by atoms with Gasteiger partial charge in [-0.3, -0.25) is 4.79 Å². The van der Waals surface area contributed by atoms with Crippen molar-refractivity contribution in [1.29, 1.82) is 0 Å². The number of hydrogen-bond acceptors (Lipinski definition) is 2. The number of alkyl halides is 1. The molecule has 1 aliphatic carbocycles. The first kappa shape index (κ1) is 17.9. The zero-order chi connectivity index (χ0) is 18.7. The van der Waals surface area contributed by atoms with E-state index in [-0.39, 0.29) is 12.2 Å². The lowest BCUT2D eigenvalue weighted by molar-refractivity contribution is -0.117. The summed E-state index contributed by atoms with van der Waals surface area (Å²) < 4.78 is 15.2. The van der Waals surface area contributed by atoms with Crippen LogP contribution in [0, 0.1) is 0 Å². The lowest BCUT2D eigenvalue weighted by atomic mass is 9.77. The normalized spacial score (nSPS) is 22.1. The van der Waals surface area contributed by atoms with Gasteiger partial charge in [-0.05, 0) is 41.7 Å². The first-order valence-corrected chi connectivity index (χ1v) is 8.63. The molecule has 0 spiro atoms. The van der Waals surface area contributed by atoms with E-state index < -0.39 is 17.5 Å². The van der Waals surface area contributed by atoms with Crippen LogP contribution < -0.4 is 5.73 Å². The number of aliphatic hydroxyl groups excluding tert-OH is 1. The molecule has 2 unspecified atom stereocenters. The highest BCUT2D eigenvalue weighted by atomic mass is 19.1. The molecule has 3 N–H and O–H groups in total. The third kappa shape index (κ3) is 3.54. The fourth-order valence-corrected chi connectivity index (χ4v) is 3.35. The number of amides is 1. The summed E-state index contributed by atoms with van der Waals surface area (Å²) in [7, 11) is 0. The van der Waals surface area contributed by atoms with E-state index >= 15 is 4.39 Å². The summed E-state index contributed by atoms with van der Waals surface area (Å²) in [5, 5.41) is 9.97. The number of carbonyl (C=O) groups is 1. The number of halogens is 1. The molecule has 3 nitrogen and oxygen atoms in total. The third-order valence-corrected chi connectivity index (χ3v) is 4.87. The minimum atomic E-state index is -1.90. The van der Waals surface area contributed by atoms with Crippen LogP contribution >= 0.6 is 0 Å². The van der Waals surface area contributed by atoms with Crippen LogP contribution in [-0.2, 0) is 11.2 Å². The zero-order valence-corrected chi connectivity index (χ0v) is 14.7. The predicted octanol–water partition coefficient (Wildman–Crippen LogP) is 4.60. The van der Waals surface area contributed by atoms with Gasteiger partial charge in [-0.2, -0.15) is 0 Å². The molecule has 26 heavy (non-hydrogen) atoms. The van der Waals surface area contributed by atoms with Gasteiger partial charge in [0.1, 0.15) is 5.76 Å². The second-order valence-electron chi connectivity index (χ2n) is 6.74. The summed E-state index contributed by atoms with van der Waals surface area (Å²) in [6.45, 7) is 1.37. The van der Waals surface area contributed by atoms with Crippen molar-refractivity contribution < 1.29 is 14.3 Å². The predicted molar refractivity (Wildman–Crippen MR) is 101 cm³/mol. The first-order chi connectivity index (χ1) is 12.4. The molecule has 0 heterocycles. The van der Waals surface area contributed by atoms with Gasteiger partial charge in [0.15, 0.2) is 5.67 Å².